The molecule has 0 aliphatic carbocycles. The summed E-state index contributed by atoms with van der Waals surface area (Å²) in [5.41, 5.74) is 0.415. The second-order valence-electron chi connectivity index (χ2n) is 5.19. The molecule has 1 aliphatic heterocycles. The Hall–Kier alpha value is -2.64. The van der Waals surface area contributed by atoms with Gasteiger partial charge in [-0.2, -0.15) is 18.3 Å². The molecule has 23 heavy (non-hydrogen) atoms. The van der Waals surface area contributed by atoms with Gasteiger partial charge in [-0.3, -0.25) is 14.3 Å². The van der Waals surface area contributed by atoms with Crippen molar-refractivity contribution >= 4 is 17.9 Å². The SMILES string of the molecule is Cc1nn2c(c1C=O)C(=O)N(c1ccc(C(F)(F)F)cc1)CC2. The van der Waals surface area contributed by atoms with Crippen LogP contribution in [-0.2, 0) is 12.7 Å². The summed E-state index contributed by atoms with van der Waals surface area (Å²) in [5.74, 6) is -0.446. The van der Waals surface area contributed by atoms with Crippen LogP contribution in [0.4, 0.5) is 18.9 Å². The molecule has 0 saturated heterocycles. The summed E-state index contributed by atoms with van der Waals surface area (Å²) in [4.78, 5) is 25.1. The first-order valence-corrected chi connectivity index (χ1v) is 6.84. The van der Waals surface area contributed by atoms with Crippen LogP contribution in [0.1, 0.15) is 32.1 Å². The minimum Gasteiger partial charge on any atom is -0.305 e. The van der Waals surface area contributed by atoms with Crippen molar-refractivity contribution in [2.24, 2.45) is 0 Å². The van der Waals surface area contributed by atoms with E-state index in [-0.39, 0.29) is 17.8 Å². The molecule has 1 aromatic heterocycles. The third kappa shape index (κ3) is 2.49. The van der Waals surface area contributed by atoms with Crippen LogP contribution in [0.2, 0.25) is 0 Å². The van der Waals surface area contributed by atoms with Crippen molar-refractivity contribution in [3.8, 4) is 0 Å². The third-order valence-corrected chi connectivity index (χ3v) is 3.78. The number of nitrogens with zero attached hydrogens (tertiary/aromatic N) is 3. The maximum atomic E-state index is 12.6. The molecule has 1 aliphatic rings. The largest absolute Gasteiger partial charge is 0.416 e. The Morgan fingerprint density at radius 1 is 1.17 bits per heavy atom. The van der Waals surface area contributed by atoms with E-state index in [9.17, 15) is 22.8 Å². The van der Waals surface area contributed by atoms with Crippen LogP contribution in [0.3, 0.4) is 0 Å². The summed E-state index contributed by atoms with van der Waals surface area (Å²) >= 11 is 0. The van der Waals surface area contributed by atoms with Gasteiger partial charge in [0.1, 0.15) is 5.69 Å². The van der Waals surface area contributed by atoms with Crippen molar-refractivity contribution in [2.75, 3.05) is 11.4 Å². The molecule has 3 rings (SSSR count). The monoisotopic (exact) mass is 323 g/mol. The molecule has 5 nitrogen and oxygen atoms in total. The number of aryl methyl sites for hydroxylation is 1. The van der Waals surface area contributed by atoms with Gasteiger partial charge in [0.05, 0.1) is 23.4 Å². The minimum absolute atomic E-state index is 0.170. The molecular formula is C15H12F3N3O2. The normalized spacial score (nSPS) is 14.8. The highest BCUT2D eigenvalue weighted by Gasteiger charge is 2.33. The number of carbonyl (C=O) groups is 2. The number of anilines is 1. The maximum Gasteiger partial charge on any atom is 0.416 e. The molecule has 0 unspecified atom stereocenters. The van der Waals surface area contributed by atoms with E-state index in [1.54, 1.807) is 6.92 Å². The summed E-state index contributed by atoms with van der Waals surface area (Å²) < 4.78 is 39.3. The van der Waals surface area contributed by atoms with Crippen molar-refractivity contribution in [3.05, 3.63) is 46.8 Å². The molecule has 0 spiro atoms. The van der Waals surface area contributed by atoms with Gasteiger partial charge in [-0.05, 0) is 31.2 Å². The van der Waals surface area contributed by atoms with Gasteiger partial charge in [0.25, 0.3) is 5.91 Å². The van der Waals surface area contributed by atoms with Gasteiger partial charge in [-0.15, -0.1) is 0 Å². The van der Waals surface area contributed by atoms with Crippen LogP contribution in [0, 0.1) is 6.92 Å². The Morgan fingerprint density at radius 3 is 2.39 bits per heavy atom. The number of hydrogen-bond donors (Lipinski definition) is 0. The maximum absolute atomic E-state index is 12.6. The van der Waals surface area contributed by atoms with Crippen molar-refractivity contribution in [2.45, 2.75) is 19.6 Å². The number of carbonyl (C=O) groups excluding carboxylic acids is 2. The lowest BCUT2D eigenvalue weighted by molar-refractivity contribution is -0.137. The molecule has 0 bridgehead atoms. The molecule has 0 atom stereocenters. The van der Waals surface area contributed by atoms with Crippen LogP contribution in [0.25, 0.3) is 0 Å². The molecule has 2 heterocycles. The Balaban J connectivity index is 1.96. The Bertz CT molecular complexity index is 779. The van der Waals surface area contributed by atoms with E-state index >= 15 is 0 Å². The van der Waals surface area contributed by atoms with Crippen LogP contribution in [-0.4, -0.2) is 28.5 Å². The summed E-state index contributed by atoms with van der Waals surface area (Å²) in [5, 5.41) is 4.14. The predicted octanol–water partition coefficient (Wildman–Crippen LogP) is 2.68. The van der Waals surface area contributed by atoms with Gasteiger partial charge < -0.3 is 4.90 Å². The van der Waals surface area contributed by atoms with Gasteiger partial charge in [-0.25, -0.2) is 0 Å². The highest BCUT2D eigenvalue weighted by Crippen LogP contribution is 2.31. The lowest BCUT2D eigenvalue weighted by Crippen LogP contribution is -2.41. The van der Waals surface area contributed by atoms with Crippen molar-refractivity contribution in [1.82, 2.24) is 9.78 Å². The number of halogens is 3. The van der Waals surface area contributed by atoms with E-state index in [1.807, 2.05) is 0 Å². The van der Waals surface area contributed by atoms with Gasteiger partial charge in [-0.1, -0.05) is 0 Å². The fraction of sp³-hybridized carbons (Fsp3) is 0.267. The number of hydrogen-bond acceptors (Lipinski definition) is 3. The van der Waals surface area contributed by atoms with Crippen molar-refractivity contribution < 1.29 is 22.8 Å². The van der Waals surface area contributed by atoms with Crippen molar-refractivity contribution in [1.29, 1.82) is 0 Å². The molecular weight excluding hydrogens is 311 g/mol. The number of aldehydes is 1. The molecule has 8 heteroatoms. The zero-order chi connectivity index (χ0) is 16.8. The Labute approximate surface area is 129 Å². The first kappa shape index (κ1) is 15.3. The molecule has 1 aromatic carbocycles. The summed E-state index contributed by atoms with van der Waals surface area (Å²) in [7, 11) is 0. The number of alkyl halides is 3. The summed E-state index contributed by atoms with van der Waals surface area (Å²) in [6, 6.07) is 4.36. The van der Waals surface area contributed by atoms with E-state index in [2.05, 4.69) is 5.10 Å². The molecule has 1 amide bonds. The lowest BCUT2D eigenvalue weighted by Gasteiger charge is -2.28. The highest BCUT2D eigenvalue weighted by molar-refractivity contribution is 6.10. The fourth-order valence-electron chi connectivity index (χ4n) is 2.62. The standard InChI is InChI=1S/C15H12F3N3O2/c1-9-12(8-22)13-14(23)20(6-7-21(13)19-9)11-4-2-10(3-5-11)15(16,17)18/h2-5,8H,6-7H2,1H3. The van der Waals surface area contributed by atoms with E-state index in [0.29, 0.717) is 24.2 Å². The van der Waals surface area contributed by atoms with Gasteiger partial charge in [0.2, 0.25) is 0 Å². The molecule has 2 aromatic rings. The average molecular weight is 323 g/mol. The second-order valence-corrected chi connectivity index (χ2v) is 5.19. The van der Waals surface area contributed by atoms with E-state index in [1.165, 1.54) is 21.7 Å². The number of benzene rings is 1. The predicted molar refractivity (Wildman–Crippen MR) is 75.5 cm³/mol. The van der Waals surface area contributed by atoms with Crippen LogP contribution in [0.5, 0.6) is 0 Å². The number of aromatic nitrogens is 2. The van der Waals surface area contributed by atoms with Crippen LogP contribution >= 0.6 is 0 Å². The average Bonchev–Trinajstić information content (AvgIpc) is 2.83. The molecule has 0 fully saturated rings. The van der Waals surface area contributed by atoms with Gasteiger partial charge >= 0.3 is 6.18 Å². The number of fused-ring (bicyclic) bond motifs is 1. The number of amides is 1. The Morgan fingerprint density at radius 2 is 1.83 bits per heavy atom. The van der Waals surface area contributed by atoms with E-state index in [0.717, 1.165) is 12.1 Å². The smallest absolute Gasteiger partial charge is 0.305 e. The minimum atomic E-state index is -4.43. The third-order valence-electron chi connectivity index (χ3n) is 3.78. The molecule has 0 radical (unpaired) electrons. The Kier molecular flexibility index (Phi) is 3.46. The summed E-state index contributed by atoms with van der Waals surface area (Å²) in [6.45, 7) is 2.28. The summed E-state index contributed by atoms with van der Waals surface area (Å²) in [6.07, 6.45) is -3.85. The zero-order valence-corrected chi connectivity index (χ0v) is 12.1. The topological polar surface area (TPSA) is 55.2 Å². The first-order valence-electron chi connectivity index (χ1n) is 6.84. The highest BCUT2D eigenvalue weighted by atomic mass is 19.4. The zero-order valence-electron chi connectivity index (χ0n) is 12.1. The molecule has 120 valence electrons. The fourth-order valence-corrected chi connectivity index (χ4v) is 2.62. The van der Waals surface area contributed by atoms with Gasteiger partial charge in [0, 0.05) is 12.2 Å². The van der Waals surface area contributed by atoms with E-state index in [4.69, 9.17) is 0 Å². The molecule has 0 N–H and O–H groups in total. The van der Waals surface area contributed by atoms with Crippen molar-refractivity contribution in [3.63, 3.8) is 0 Å². The van der Waals surface area contributed by atoms with E-state index < -0.39 is 17.6 Å². The van der Waals surface area contributed by atoms with Crippen LogP contribution in [0.15, 0.2) is 24.3 Å². The van der Waals surface area contributed by atoms with Crippen LogP contribution < -0.4 is 4.90 Å². The first-order chi connectivity index (χ1) is 10.8. The molecule has 0 saturated carbocycles. The van der Waals surface area contributed by atoms with Gasteiger partial charge in [0.15, 0.2) is 6.29 Å². The number of rotatable bonds is 2. The quantitative estimate of drug-likeness (QED) is 0.799. The second kappa shape index (κ2) is 5.22. The lowest BCUT2D eigenvalue weighted by atomic mass is 10.1.